The number of esters is 1. The number of ether oxygens (including phenoxy) is 3. The Bertz CT molecular complexity index is 1310. The molecule has 2 aromatic carbocycles. The van der Waals surface area contributed by atoms with Crippen LogP contribution >= 0.6 is 0 Å². The predicted molar refractivity (Wildman–Crippen MR) is 174 cm³/mol. The number of amides is 3. The molecule has 2 saturated heterocycles. The van der Waals surface area contributed by atoms with Crippen molar-refractivity contribution in [3.05, 3.63) is 71.5 Å². The maximum Gasteiger partial charge on any atom is 0.408 e. The molecule has 0 unspecified atom stereocenters. The number of alkyl carbamates (subject to hydrolysis) is 1. The molecule has 46 heavy (non-hydrogen) atoms. The van der Waals surface area contributed by atoms with Crippen molar-refractivity contribution >= 4 is 36.5 Å². The molecule has 0 spiro atoms. The molecule has 2 fully saturated rings. The van der Waals surface area contributed by atoms with Gasteiger partial charge in [-0.25, -0.2) is 9.18 Å². The molecule has 0 radical (unpaired) electrons. The molecule has 0 bridgehead atoms. The Morgan fingerprint density at radius 1 is 0.935 bits per heavy atom. The summed E-state index contributed by atoms with van der Waals surface area (Å²) in [5.41, 5.74) is 1.39. The third-order valence-electron chi connectivity index (χ3n) is 8.23. The third kappa shape index (κ3) is 10.7. The number of benzene rings is 2. The molecule has 12 heteroatoms. The molecular weight excluding hydrogens is 613 g/mol. The Morgan fingerprint density at radius 2 is 1.65 bits per heavy atom. The average molecular weight is 659 g/mol. The van der Waals surface area contributed by atoms with Crippen molar-refractivity contribution in [2.24, 2.45) is 11.8 Å². The van der Waals surface area contributed by atoms with Crippen molar-refractivity contribution in [1.82, 2.24) is 16.0 Å². The molecule has 2 aromatic rings. The molecule has 250 valence electrons. The van der Waals surface area contributed by atoms with Gasteiger partial charge in [-0.2, -0.15) is 0 Å². The summed E-state index contributed by atoms with van der Waals surface area (Å²) in [6.45, 7) is 4.85. The minimum atomic E-state index is -1.12. The van der Waals surface area contributed by atoms with E-state index in [4.69, 9.17) is 14.2 Å². The Hall–Kier alpha value is -3.64. The highest BCUT2D eigenvalue weighted by Crippen LogP contribution is 2.26. The SMILES string of the molecule is CC(C)C[C@H](NC(=O)[C@H](Cc1ccc(F)cc1)NC(=O)OCc1ccccc1)C(=O)N[C@@H](C[C@@H]1CCCO1)[C@@H]([SH2+])[C@H]1CCOC1=O. The van der Waals surface area contributed by atoms with Crippen LogP contribution in [0.2, 0.25) is 0 Å². The van der Waals surface area contributed by atoms with Crippen molar-refractivity contribution in [2.75, 3.05) is 13.2 Å². The minimum absolute atomic E-state index is 0.00409. The van der Waals surface area contributed by atoms with Crippen LogP contribution in [0.3, 0.4) is 0 Å². The monoisotopic (exact) mass is 658 g/mol. The standard InChI is InChI=1S/C34H44FN3O7S/c1-21(2)17-28(31(39)36-27(19-25-9-6-15-43-25)30(46)26-14-16-44-33(26)41)37-32(40)29(18-22-10-12-24(35)13-11-22)38-34(42)45-20-23-7-4-3-5-8-23/h3-5,7-8,10-13,21,25-30,46H,6,9,14-20H2,1-2H3,(H,36,39)(H,37,40)(H,38,42)/p+1/t25-,26+,27-,28-,29-,30-/m0/s1. The van der Waals surface area contributed by atoms with E-state index in [-0.39, 0.29) is 31.0 Å². The lowest BCUT2D eigenvalue weighted by atomic mass is 9.92. The second-order valence-corrected chi connectivity index (χ2v) is 13.0. The maximum atomic E-state index is 13.8. The van der Waals surface area contributed by atoms with E-state index >= 15 is 0 Å². The first-order valence-electron chi connectivity index (χ1n) is 15.9. The van der Waals surface area contributed by atoms with Gasteiger partial charge in [-0.1, -0.05) is 56.3 Å². The van der Waals surface area contributed by atoms with Crippen LogP contribution in [-0.2, 0) is 54.3 Å². The second kappa shape index (κ2) is 17.3. The summed E-state index contributed by atoms with van der Waals surface area (Å²) in [5, 5.41) is 8.15. The molecule has 0 aliphatic carbocycles. The van der Waals surface area contributed by atoms with Crippen LogP contribution in [0.25, 0.3) is 0 Å². The fraction of sp³-hybridized carbons (Fsp3) is 0.529. The number of nitrogens with one attached hydrogen (secondary N) is 3. The smallest absolute Gasteiger partial charge is 0.408 e. The van der Waals surface area contributed by atoms with Crippen molar-refractivity contribution in [1.29, 1.82) is 0 Å². The van der Waals surface area contributed by atoms with Gasteiger partial charge in [0.05, 0.1) is 18.8 Å². The van der Waals surface area contributed by atoms with E-state index < -0.39 is 53.0 Å². The largest absolute Gasteiger partial charge is 0.465 e. The first-order chi connectivity index (χ1) is 22.1. The molecule has 2 heterocycles. The number of hydrogen-bond acceptors (Lipinski definition) is 7. The van der Waals surface area contributed by atoms with Crippen molar-refractivity contribution in [2.45, 2.75) is 88.5 Å². The highest BCUT2D eigenvalue weighted by molar-refractivity contribution is 7.59. The molecule has 3 N–H and O–H groups in total. The van der Waals surface area contributed by atoms with Gasteiger partial charge in [0.15, 0.2) is 0 Å². The van der Waals surface area contributed by atoms with E-state index in [0.29, 0.717) is 38.0 Å². The Labute approximate surface area is 274 Å². The van der Waals surface area contributed by atoms with Gasteiger partial charge < -0.3 is 30.2 Å². The minimum Gasteiger partial charge on any atom is -0.465 e. The zero-order valence-electron chi connectivity index (χ0n) is 26.3. The van der Waals surface area contributed by atoms with Crippen molar-refractivity contribution in [3.63, 3.8) is 0 Å². The van der Waals surface area contributed by atoms with Gasteiger partial charge in [-0.15, -0.1) is 0 Å². The van der Waals surface area contributed by atoms with Crippen LogP contribution in [0, 0.1) is 17.7 Å². The van der Waals surface area contributed by atoms with Gasteiger partial charge in [0.25, 0.3) is 0 Å². The predicted octanol–water partition coefficient (Wildman–Crippen LogP) is 3.19. The zero-order chi connectivity index (χ0) is 33.1. The molecule has 10 nitrogen and oxygen atoms in total. The number of cyclic esters (lactones) is 1. The van der Waals surface area contributed by atoms with Crippen molar-refractivity contribution < 1.29 is 37.8 Å². The van der Waals surface area contributed by atoms with E-state index in [1.54, 1.807) is 0 Å². The van der Waals surface area contributed by atoms with Gasteiger partial charge in [-0.05, 0) is 73.9 Å². The van der Waals surface area contributed by atoms with Crippen LogP contribution in [0.5, 0.6) is 0 Å². The fourth-order valence-corrected chi connectivity index (χ4v) is 6.28. The van der Waals surface area contributed by atoms with E-state index in [1.807, 2.05) is 44.2 Å². The van der Waals surface area contributed by atoms with E-state index in [2.05, 4.69) is 28.6 Å². The van der Waals surface area contributed by atoms with E-state index in [1.165, 1.54) is 24.3 Å². The van der Waals surface area contributed by atoms with E-state index in [0.717, 1.165) is 18.4 Å². The molecule has 2 aliphatic rings. The summed E-state index contributed by atoms with van der Waals surface area (Å²) in [6.07, 6.45) is 2.29. The molecular formula is C34H45FN3O7S+. The van der Waals surface area contributed by atoms with Crippen LogP contribution in [0.4, 0.5) is 9.18 Å². The quantitative estimate of drug-likeness (QED) is 0.198. The lowest BCUT2D eigenvalue weighted by Gasteiger charge is -2.29. The average Bonchev–Trinajstić information content (AvgIpc) is 3.71. The number of rotatable bonds is 15. The van der Waals surface area contributed by atoms with Gasteiger partial charge >= 0.3 is 12.1 Å². The van der Waals surface area contributed by atoms with Gasteiger partial charge in [0.1, 0.15) is 35.7 Å². The summed E-state index contributed by atoms with van der Waals surface area (Å²) < 4.78 is 30.0. The van der Waals surface area contributed by atoms with Gasteiger partial charge in [0.2, 0.25) is 11.8 Å². The summed E-state index contributed by atoms with van der Waals surface area (Å²) in [5.74, 6) is -2.13. The first-order valence-corrected chi connectivity index (χ1v) is 16.5. The van der Waals surface area contributed by atoms with E-state index in [9.17, 15) is 23.6 Å². The lowest BCUT2D eigenvalue weighted by Crippen LogP contribution is -2.57. The number of carbonyl (C=O) groups excluding carboxylic acids is 4. The highest BCUT2D eigenvalue weighted by Gasteiger charge is 2.43. The summed E-state index contributed by atoms with van der Waals surface area (Å²) >= 11 is 3.74. The maximum absolute atomic E-state index is 13.8. The normalized spacial score (nSPS) is 20.3. The molecule has 6 atom stereocenters. The fourth-order valence-electron chi connectivity index (χ4n) is 5.76. The number of hydrogen-bond donors (Lipinski definition) is 3. The Morgan fingerprint density at radius 3 is 2.28 bits per heavy atom. The molecule has 0 aromatic heterocycles. The second-order valence-electron chi connectivity index (χ2n) is 12.4. The zero-order valence-corrected chi connectivity index (χ0v) is 27.3. The highest BCUT2D eigenvalue weighted by atomic mass is 32.1. The third-order valence-corrected chi connectivity index (χ3v) is 9.03. The first kappa shape index (κ1) is 35.2. The summed E-state index contributed by atoms with van der Waals surface area (Å²) in [7, 11) is 0. The number of carbonyl (C=O) groups is 4. The Balaban J connectivity index is 1.48. The van der Waals surface area contributed by atoms with Crippen molar-refractivity contribution in [3.8, 4) is 0 Å². The van der Waals surface area contributed by atoms with Crippen LogP contribution < -0.4 is 16.0 Å². The molecule has 0 saturated carbocycles. The topological polar surface area (TPSA) is 132 Å². The summed E-state index contributed by atoms with van der Waals surface area (Å²) in [4.78, 5) is 52.8. The lowest BCUT2D eigenvalue weighted by molar-refractivity contribution is -0.141. The molecule has 2 aliphatic heterocycles. The summed E-state index contributed by atoms with van der Waals surface area (Å²) in [6, 6.07) is 12.2. The van der Waals surface area contributed by atoms with Gasteiger partial charge in [0, 0.05) is 13.0 Å². The van der Waals surface area contributed by atoms with Gasteiger partial charge in [-0.3, -0.25) is 14.4 Å². The van der Waals surface area contributed by atoms with Crippen LogP contribution in [-0.4, -0.2) is 66.6 Å². The molecule has 3 amide bonds. The number of halogens is 1. The molecule has 4 rings (SSSR count). The Kier molecular flexibility index (Phi) is 13.3. The van der Waals surface area contributed by atoms with Crippen LogP contribution in [0.15, 0.2) is 54.6 Å². The van der Waals surface area contributed by atoms with Crippen LogP contribution in [0.1, 0.15) is 57.1 Å².